The number of nitriles is 1. The molecule has 0 heterocycles. The van der Waals surface area contributed by atoms with Crippen molar-refractivity contribution in [2.75, 3.05) is 18.8 Å². The third-order valence-corrected chi connectivity index (χ3v) is 3.48. The van der Waals surface area contributed by atoms with Gasteiger partial charge in [0.2, 0.25) is 10.0 Å². The molecule has 0 fully saturated rings. The van der Waals surface area contributed by atoms with Gasteiger partial charge in [-0.15, -0.1) is 0 Å². The standard InChI is InChI=1S/C8H16N2O2S/c1-3-5-7-10(4-2)13(11,12)8-6-9/h3-5,7-8H2,1-2H3. The van der Waals surface area contributed by atoms with Gasteiger partial charge in [-0.25, -0.2) is 12.7 Å². The highest BCUT2D eigenvalue weighted by Gasteiger charge is 2.18. The Hall–Kier alpha value is -0.600. The molecule has 0 spiro atoms. The van der Waals surface area contributed by atoms with E-state index >= 15 is 0 Å². The Morgan fingerprint density at radius 1 is 1.38 bits per heavy atom. The lowest BCUT2D eigenvalue weighted by Crippen LogP contribution is -2.33. The zero-order valence-electron chi connectivity index (χ0n) is 8.15. The summed E-state index contributed by atoms with van der Waals surface area (Å²) in [7, 11) is -3.32. The van der Waals surface area contributed by atoms with Crippen molar-refractivity contribution in [1.82, 2.24) is 4.31 Å². The van der Waals surface area contributed by atoms with E-state index in [0.29, 0.717) is 13.1 Å². The lowest BCUT2D eigenvalue weighted by molar-refractivity contribution is 0.421. The van der Waals surface area contributed by atoms with Gasteiger partial charge in [-0.2, -0.15) is 5.26 Å². The largest absolute Gasteiger partial charge is 0.227 e. The van der Waals surface area contributed by atoms with Gasteiger partial charge in [-0.05, 0) is 6.42 Å². The van der Waals surface area contributed by atoms with Crippen molar-refractivity contribution < 1.29 is 8.42 Å². The van der Waals surface area contributed by atoms with Crippen LogP contribution < -0.4 is 0 Å². The number of hydrogen-bond acceptors (Lipinski definition) is 3. The Kier molecular flexibility index (Phi) is 5.67. The molecule has 0 bridgehead atoms. The normalized spacial score (nSPS) is 11.5. The SMILES string of the molecule is CCCCN(CC)S(=O)(=O)CC#N. The summed E-state index contributed by atoms with van der Waals surface area (Å²) in [6.07, 6.45) is 1.80. The molecule has 76 valence electrons. The van der Waals surface area contributed by atoms with Crippen molar-refractivity contribution in [2.45, 2.75) is 26.7 Å². The molecular formula is C8H16N2O2S. The molecule has 4 nitrogen and oxygen atoms in total. The molecule has 0 N–H and O–H groups in total. The van der Waals surface area contributed by atoms with Gasteiger partial charge in [0.15, 0.2) is 5.75 Å². The first kappa shape index (κ1) is 12.4. The van der Waals surface area contributed by atoms with Crippen molar-refractivity contribution in [3.63, 3.8) is 0 Å². The van der Waals surface area contributed by atoms with E-state index in [2.05, 4.69) is 0 Å². The van der Waals surface area contributed by atoms with E-state index in [4.69, 9.17) is 5.26 Å². The smallest absolute Gasteiger partial charge is 0.211 e. The van der Waals surface area contributed by atoms with Gasteiger partial charge in [0.25, 0.3) is 0 Å². The molecule has 0 atom stereocenters. The third kappa shape index (κ3) is 4.25. The van der Waals surface area contributed by atoms with E-state index in [9.17, 15) is 8.42 Å². The van der Waals surface area contributed by atoms with Gasteiger partial charge in [0.1, 0.15) is 0 Å². The zero-order chi connectivity index (χ0) is 10.3. The lowest BCUT2D eigenvalue weighted by atomic mass is 10.3. The van der Waals surface area contributed by atoms with E-state index in [1.807, 2.05) is 6.92 Å². The quantitative estimate of drug-likeness (QED) is 0.647. The van der Waals surface area contributed by atoms with E-state index in [1.54, 1.807) is 13.0 Å². The summed E-state index contributed by atoms with van der Waals surface area (Å²) in [6, 6.07) is 1.67. The highest BCUT2D eigenvalue weighted by molar-refractivity contribution is 7.89. The summed E-state index contributed by atoms with van der Waals surface area (Å²) < 4.78 is 24.1. The van der Waals surface area contributed by atoms with Crippen LogP contribution >= 0.6 is 0 Å². The third-order valence-electron chi connectivity index (χ3n) is 1.75. The number of unbranched alkanes of at least 4 members (excludes halogenated alkanes) is 1. The Labute approximate surface area is 80.2 Å². The molecule has 0 saturated heterocycles. The summed E-state index contributed by atoms with van der Waals surface area (Å²) in [5.41, 5.74) is 0. The predicted octanol–water partition coefficient (Wildman–Crippen LogP) is 0.962. The van der Waals surface area contributed by atoms with Crippen LogP contribution in [0.1, 0.15) is 26.7 Å². The first-order valence-corrected chi connectivity index (χ1v) is 6.04. The Morgan fingerprint density at radius 3 is 2.38 bits per heavy atom. The summed E-state index contributed by atoms with van der Waals surface area (Å²) in [5.74, 6) is -0.412. The van der Waals surface area contributed by atoms with Gasteiger partial charge in [-0.1, -0.05) is 20.3 Å². The molecule has 0 radical (unpaired) electrons. The highest BCUT2D eigenvalue weighted by Crippen LogP contribution is 2.03. The van der Waals surface area contributed by atoms with Crippen molar-refractivity contribution in [3.8, 4) is 6.07 Å². The molecule has 0 amide bonds. The minimum absolute atomic E-state index is 0.412. The molecule has 13 heavy (non-hydrogen) atoms. The topological polar surface area (TPSA) is 61.2 Å². The number of rotatable bonds is 6. The molecule has 0 unspecified atom stereocenters. The maximum absolute atomic E-state index is 11.4. The fourth-order valence-electron chi connectivity index (χ4n) is 1.00. The lowest BCUT2D eigenvalue weighted by Gasteiger charge is -2.17. The van der Waals surface area contributed by atoms with Crippen molar-refractivity contribution in [2.24, 2.45) is 0 Å². The fraction of sp³-hybridized carbons (Fsp3) is 0.875. The van der Waals surface area contributed by atoms with Gasteiger partial charge < -0.3 is 0 Å². The van der Waals surface area contributed by atoms with Crippen LogP contribution in [0.25, 0.3) is 0 Å². The van der Waals surface area contributed by atoms with Gasteiger partial charge >= 0.3 is 0 Å². The van der Waals surface area contributed by atoms with Gasteiger partial charge in [0.05, 0.1) is 6.07 Å². The minimum Gasteiger partial charge on any atom is -0.211 e. The van der Waals surface area contributed by atoms with Gasteiger partial charge in [0, 0.05) is 13.1 Å². The summed E-state index contributed by atoms with van der Waals surface area (Å²) >= 11 is 0. The minimum atomic E-state index is -3.32. The van der Waals surface area contributed by atoms with Crippen LogP contribution in [0.15, 0.2) is 0 Å². The van der Waals surface area contributed by atoms with Gasteiger partial charge in [-0.3, -0.25) is 0 Å². The van der Waals surface area contributed by atoms with Crippen LogP contribution in [0.2, 0.25) is 0 Å². The monoisotopic (exact) mass is 204 g/mol. The maximum atomic E-state index is 11.4. The second-order valence-electron chi connectivity index (χ2n) is 2.76. The molecule has 0 aliphatic carbocycles. The second kappa shape index (κ2) is 5.95. The molecular weight excluding hydrogens is 188 g/mol. The maximum Gasteiger partial charge on any atom is 0.227 e. The first-order chi connectivity index (χ1) is 6.08. The summed E-state index contributed by atoms with van der Waals surface area (Å²) in [5, 5.41) is 8.32. The molecule has 0 aromatic heterocycles. The van der Waals surface area contributed by atoms with Crippen molar-refractivity contribution >= 4 is 10.0 Å². The number of nitrogens with zero attached hydrogens (tertiary/aromatic N) is 2. The summed E-state index contributed by atoms with van der Waals surface area (Å²) in [6.45, 7) is 4.76. The van der Waals surface area contributed by atoms with Crippen molar-refractivity contribution in [1.29, 1.82) is 5.26 Å². The molecule has 0 saturated carbocycles. The van der Waals surface area contributed by atoms with E-state index in [0.717, 1.165) is 12.8 Å². The average Bonchev–Trinajstić information content (AvgIpc) is 2.05. The zero-order valence-corrected chi connectivity index (χ0v) is 8.97. The molecule has 5 heteroatoms. The highest BCUT2D eigenvalue weighted by atomic mass is 32.2. The molecule has 0 aliphatic rings. The molecule has 0 rings (SSSR count). The Balaban J connectivity index is 4.31. The predicted molar refractivity (Wildman–Crippen MR) is 51.6 cm³/mol. The van der Waals surface area contributed by atoms with Crippen LogP contribution in [0.4, 0.5) is 0 Å². The fourth-order valence-corrected chi connectivity index (χ4v) is 2.15. The second-order valence-corrected chi connectivity index (χ2v) is 4.73. The van der Waals surface area contributed by atoms with Crippen LogP contribution in [-0.2, 0) is 10.0 Å². The van der Waals surface area contributed by atoms with E-state index < -0.39 is 15.8 Å². The van der Waals surface area contributed by atoms with Crippen LogP contribution in [0.3, 0.4) is 0 Å². The van der Waals surface area contributed by atoms with E-state index in [1.165, 1.54) is 4.31 Å². The first-order valence-electron chi connectivity index (χ1n) is 4.43. The van der Waals surface area contributed by atoms with E-state index in [-0.39, 0.29) is 0 Å². The van der Waals surface area contributed by atoms with Crippen LogP contribution in [-0.4, -0.2) is 31.6 Å². The number of sulfonamides is 1. The number of hydrogen-bond donors (Lipinski definition) is 0. The molecule has 0 aliphatic heterocycles. The van der Waals surface area contributed by atoms with Crippen LogP contribution in [0, 0.1) is 11.3 Å². The average molecular weight is 204 g/mol. The Bertz CT molecular complexity index is 266. The molecule has 0 aromatic carbocycles. The van der Waals surface area contributed by atoms with Crippen LogP contribution in [0.5, 0.6) is 0 Å². The molecule has 0 aromatic rings. The van der Waals surface area contributed by atoms with Crippen molar-refractivity contribution in [3.05, 3.63) is 0 Å². The Morgan fingerprint density at radius 2 is 2.00 bits per heavy atom. The summed E-state index contributed by atoms with van der Waals surface area (Å²) in [4.78, 5) is 0.